The van der Waals surface area contributed by atoms with Crippen LogP contribution < -0.4 is 19.7 Å². The van der Waals surface area contributed by atoms with Crippen LogP contribution >= 0.6 is 0 Å². The standard InChI is InChI=1S/C15H11FN2O4/c16-10-2-1-3-11(6-10)17-15(20)18(8-19)12-4-5-13-14(7-12)22-9-21-13/h1-8H,9H2,(H,17,20). The molecule has 3 amide bonds. The molecule has 2 aromatic rings. The number of hydrogen-bond donors (Lipinski definition) is 1. The molecule has 7 heteroatoms. The second kappa shape index (κ2) is 5.72. The molecule has 0 spiro atoms. The summed E-state index contributed by atoms with van der Waals surface area (Å²) in [7, 11) is 0. The van der Waals surface area contributed by atoms with Crippen molar-refractivity contribution < 1.29 is 23.5 Å². The Morgan fingerprint density at radius 3 is 2.77 bits per heavy atom. The van der Waals surface area contributed by atoms with Gasteiger partial charge in [-0.1, -0.05) is 6.07 Å². The molecule has 0 saturated heterocycles. The van der Waals surface area contributed by atoms with Gasteiger partial charge in [0.25, 0.3) is 0 Å². The van der Waals surface area contributed by atoms with Gasteiger partial charge in [-0.05, 0) is 30.3 Å². The molecule has 0 unspecified atom stereocenters. The van der Waals surface area contributed by atoms with E-state index in [2.05, 4.69) is 5.32 Å². The van der Waals surface area contributed by atoms with Crippen LogP contribution in [0.1, 0.15) is 0 Å². The third-order valence-electron chi connectivity index (χ3n) is 3.03. The van der Waals surface area contributed by atoms with Crippen LogP contribution in [0.4, 0.5) is 20.6 Å². The highest BCUT2D eigenvalue weighted by Gasteiger charge is 2.20. The Morgan fingerprint density at radius 1 is 1.18 bits per heavy atom. The van der Waals surface area contributed by atoms with Gasteiger partial charge in [-0.2, -0.15) is 0 Å². The molecular weight excluding hydrogens is 291 g/mol. The number of carbonyl (C=O) groups is 2. The fraction of sp³-hybridized carbons (Fsp3) is 0.0667. The third-order valence-corrected chi connectivity index (χ3v) is 3.03. The number of anilines is 2. The van der Waals surface area contributed by atoms with Crippen molar-refractivity contribution in [3.05, 3.63) is 48.3 Å². The first-order valence-corrected chi connectivity index (χ1v) is 6.38. The maximum absolute atomic E-state index is 13.1. The number of nitrogens with zero attached hydrogens (tertiary/aromatic N) is 1. The highest BCUT2D eigenvalue weighted by Crippen LogP contribution is 2.35. The smallest absolute Gasteiger partial charge is 0.332 e. The van der Waals surface area contributed by atoms with Crippen molar-refractivity contribution >= 4 is 23.8 Å². The zero-order valence-electron chi connectivity index (χ0n) is 11.3. The van der Waals surface area contributed by atoms with Gasteiger partial charge in [-0.25, -0.2) is 14.1 Å². The van der Waals surface area contributed by atoms with E-state index in [0.717, 1.165) is 11.0 Å². The number of hydrogen-bond acceptors (Lipinski definition) is 4. The summed E-state index contributed by atoms with van der Waals surface area (Å²) in [6.45, 7) is 0.0926. The summed E-state index contributed by atoms with van der Waals surface area (Å²) in [5.74, 6) is 0.501. The summed E-state index contributed by atoms with van der Waals surface area (Å²) >= 11 is 0. The Hall–Kier alpha value is -3.09. The number of imide groups is 1. The minimum Gasteiger partial charge on any atom is -0.454 e. The lowest BCUT2D eigenvalue weighted by Gasteiger charge is -2.16. The zero-order valence-corrected chi connectivity index (χ0v) is 11.3. The van der Waals surface area contributed by atoms with Gasteiger partial charge in [0.15, 0.2) is 11.5 Å². The van der Waals surface area contributed by atoms with E-state index in [0.29, 0.717) is 23.6 Å². The van der Waals surface area contributed by atoms with Crippen LogP contribution in [0.25, 0.3) is 0 Å². The Balaban J connectivity index is 1.81. The maximum atomic E-state index is 13.1. The Kier molecular flexibility index (Phi) is 3.61. The van der Waals surface area contributed by atoms with Gasteiger partial charge in [-0.3, -0.25) is 4.79 Å². The first-order chi connectivity index (χ1) is 10.7. The van der Waals surface area contributed by atoms with Crippen molar-refractivity contribution in [2.45, 2.75) is 0 Å². The fourth-order valence-electron chi connectivity index (χ4n) is 2.01. The van der Waals surface area contributed by atoms with Gasteiger partial charge in [0.1, 0.15) is 5.82 Å². The molecule has 22 heavy (non-hydrogen) atoms. The monoisotopic (exact) mass is 302 g/mol. The van der Waals surface area contributed by atoms with Crippen LogP contribution in [0.2, 0.25) is 0 Å². The van der Waals surface area contributed by atoms with Gasteiger partial charge in [0.05, 0.1) is 5.69 Å². The summed E-state index contributed by atoms with van der Waals surface area (Å²) in [5, 5.41) is 2.44. The summed E-state index contributed by atoms with van der Waals surface area (Å²) in [5.41, 5.74) is 0.561. The lowest BCUT2D eigenvalue weighted by molar-refractivity contribution is -0.106. The number of rotatable bonds is 3. The van der Waals surface area contributed by atoms with Crippen LogP contribution in [0, 0.1) is 5.82 Å². The van der Waals surface area contributed by atoms with Crippen LogP contribution in [0.5, 0.6) is 11.5 Å². The number of halogens is 1. The quantitative estimate of drug-likeness (QED) is 0.885. The fourth-order valence-corrected chi connectivity index (χ4v) is 2.01. The van der Waals surface area contributed by atoms with Gasteiger partial charge >= 0.3 is 6.03 Å². The molecule has 0 aliphatic carbocycles. The van der Waals surface area contributed by atoms with Crippen molar-refractivity contribution in [2.24, 2.45) is 0 Å². The second-order valence-electron chi connectivity index (χ2n) is 4.45. The van der Waals surface area contributed by atoms with Gasteiger partial charge in [0.2, 0.25) is 13.2 Å². The topological polar surface area (TPSA) is 67.9 Å². The minimum atomic E-state index is -0.709. The molecule has 0 fully saturated rings. The molecule has 6 nitrogen and oxygen atoms in total. The molecule has 0 bridgehead atoms. The van der Waals surface area contributed by atoms with Gasteiger partial charge in [0, 0.05) is 11.8 Å². The highest BCUT2D eigenvalue weighted by molar-refractivity contribution is 6.12. The molecule has 1 heterocycles. The van der Waals surface area contributed by atoms with Crippen LogP contribution in [-0.2, 0) is 4.79 Å². The van der Waals surface area contributed by atoms with E-state index in [-0.39, 0.29) is 12.5 Å². The van der Waals surface area contributed by atoms with E-state index in [1.54, 1.807) is 12.1 Å². The van der Waals surface area contributed by atoms with Crippen molar-refractivity contribution in [3.63, 3.8) is 0 Å². The molecule has 2 aromatic carbocycles. The number of amides is 3. The first-order valence-electron chi connectivity index (χ1n) is 6.38. The predicted molar refractivity (Wildman–Crippen MR) is 76.5 cm³/mol. The third kappa shape index (κ3) is 2.69. The van der Waals surface area contributed by atoms with Crippen LogP contribution in [0.3, 0.4) is 0 Å². The van der Waals surface area contributed by atoms with Gasteiger partial charge in [-0.15, -0.1) is 0 Å². The minimum absolute atomic E-state index is 0.0926. The van der Waals surface area contributed by atoms with Crippen molar-refractivity contribution in [1.82, 2.24) is 0 Å². The van der Waals surface area contributed by atoms with E-state index in [1.165, 1.54) is 24.3 Å². The van der Waals surface area contributed by atoms with E-state index in [9.17, 15) is 14.0 Å². The summed E-state index contributed by atoms with van der Waals surface area (Å²) in [6, 6.07) is 9.34. The average Bonchev–Trinajstić information content (AvgIpc) is 2.95. The molecule has 0 saturated carbocycles. The first kappa shape index (κ1) is 13.9. The van der Waals surface area contributed by atoms with E-state index in [4.69, 9.17) is 9.47 Å². The summed E-state index contributed by atoms with van der Waals surface area (Å²) < 4.78 is 23.5. The largest absolute Gasteiger partial charge is 0.454 e. The maximum Gasteiger partial charge on any atom is 0.332 e. The van der Waals surface area contributed by atoms with Crippen molar-refractivity contribution in [1.29, 1.82) is 0 Å². The molecule has 1 aliphatic heterocycles. The summed E-state index contributed by atoms with van der Waals surface area (Å²) in [6.07, 6.45) is 0.367. The van der Waals surface area contributed by atoms with Crippen LogP contribution in [0.15, 0.2) is 42.5 Å². The second-order valence-corrected chi connectivity index (χ2v) is 4.45. The highest BCUT2D eigenvalue weighted by atomic mass is 19.1. The number of urea groups is 1. The summed E-state index contributed by atoms with van der Waals surface area (Å²) in [4.78, 5) is 24.2. The number of carbonyl (C=O) groups excluding carboxylic acids is 2. The zero-order chi connectivity index (χ0) is 15.5. The van der Waals surface area contributed by atoms with E-state index < -0.39 is 11.8 Å². The molecule has 0 atom stereocenters. The van der Waals surface area contributed by atoms with E-state index in [1.807, 2.05) is 0 Å². The molecular formula is C15H11FN2O4. The number of fused-ring (bicyclic) bond motifs is 1. The SMILES string of the molecule is O=CN(C(=O)Nc1cccc(F)c1)c1ccc2c(c1)OCO2. The lowest BCUT2D eigenvalue weighted by Crippen LogP contribution is -2.33. The van der Waals surface area contributed by atoms with Gasteiger partial charge < -0.3 is 14.8 Å². The van der Waals surface area contributed by atoms with Crippen molar-refractivity contribution in [2.75, 3.05) is 17.0 Å². The molecule has 3 rings (SSSR count). The molecule has 1 N–H and O–H groups in total. The normalized spacial score (nSPS) is 11.9. The average molecular weight is 302 g/mol. The molecule has 112 valence electrons. The molecule has 0 aromatic heterocycles. The number of nitrogens with one attached hydrogen (secondary N) is 1. The number of benzene rings is 2. The lowest BCUT2D eigenvalue weighted by atomic mass is 10.2. The molecule has 1 aliphatic rings. The number of ether oxygens (including phenoxy) is 2. The van der Waals surface area contributed by atoms with E-state index >= 15 is 0 Å². The predicted octanol–water partition coefficient (Wildman–Crippen LogP) is 2.75. The van der Waals surface area contributed by atoms with Crippen LogP contribution in [-0.4, -0.2) is 19.2 Å². The molecule has 0 radical (unpaired) electrons. The Morgan fingerprint density at radius 2 is 2.00 bits per heavy atom. The Bertz CT molecular complexity index is 735. The van der Waals surface area contributed by atoms with Crippen molar-refractivity contribution in [3.8, 4) is 11.5 Å². The Labute approximate surface area is 125 Å².